The van der Waals surface area contributed by atoms with Gasteiger partial charge in [0.05, 0.1) is 12.1 Å². The summed E-state index contributed by atoms with van der Waals surface area (Å²) in [7, 11) is 1.44. The molecule has 1 aliphatic heterocycles. The predicted octanol–water partition coefficient (Wildman–Crippen LogP) is 4.71. The molecule has 2 aromatic rings. The minimum absolute atomic E-state index is 0.134. The fourth-order valence-electron chi connectivity index (χ4n) is 2.68. The maximum atomic E-state index is 12.2. The summed E-state index contributed by atoms with van der Waals surface area (Å²) < 4.78 is 15.9. The van der Waals surface area contributed by atoms with Crippen molar-refractivity contribution in [2.45, 2.75) is 26.7 Å². The molecule has 0 radical (unpaired) electrons. The van der Waals surface area contributed by atoms with Crippen LogP contribution in [0.2, 0.25) is 5.02 Å². The summed E-state index contributed by atoms with van der Waals surface area (Å²) in [5.41, 5.74) is 2.49. The van der Waals surface area contributed by atoms with E-state index in [1.165, 1.54) is 13.2 Å². The number of nitrogens with zero attached hydrogens (tertiary/aromatic N) is 1. The van der Waals surface area contributed by atoms with Crippen LogP contribution in [0.1, 0.15) is 36.5 Å². The summed E-state index contributed by atoms with van der Waals surface area (Å²) in [5.74, 6) is -0.292. The Morgan fingerprint density at radius 3 is 2.62 bits per heavy atom. The van der Waals surface area contributed by atoms with E-state index in [0.29, 0.717) is 17.5 Å². The van der Waals surface area contributed by atoms with Gasteiger partial charge in [0.1, 0.15) is 0 Å². The molecule has 0 spiro atoms. The molecule has 150 valence electrons. The number of hydrogen-bond acceptors (Lipinski definition) is 6. The Kier molecular flexibility index (Phi) is 6.34. The van der Waals surface area contributed by atoms with Gasteiger partial charge in [0, 0.05) is 12.0 Å². The Morgan fingerprint density at radius 2 is 1.97 bits per heavy atom. The third kappa shape index (κ3) is 4.84. The number of aliphatic imine (C=N–C) groups is 1. The molecular weight excluding hydrogens is 394 g/mol. The van der Waals surface area contributed by atoms with Crippen LogP contribution in [-0.4, -0.2) is 24.9 Å². The molecule has 6 nitrogen and oxygen atoms in total. The van der Waals surface area contributed by atoms with Crippen molar-refractivity contribution in [2.24, 2.45) is 4.99 Å². The quantitative estimate of drug-likeness (QED) is 0.389. The number of hydrogen-bond donors (Lipinski definition) is 0. The molecule has 0 atom stereocenters. The lowest BCUT2D eigenvalue weighted by molar-refractivity contribution is -0.134. The van der Waals surface area contributed by atoms with Gasteiger partial charge in [0.15, 0.2) is 17.2 Å². The zero-order chi connectivity index (χ0) is 21.0. The first kappa shape index (κ1) is 20.6. The van der Waals surface area contributed by atoms with Gasteiger partial charge in [-0.2, -0.15) is 0 Å². The fraction of sp³-hybridized carbons (Fsp3) is 0.227. The lowest BCUT2D eigenvalue weighted by atomic mass is 10.1. The van der Waals surface area contributed by atoms with Crippen molar-refractivity contribution in [1.82, 2.24) is 0 Å². The van der Waals surface area contributed by atoms with Crippen LogP contribution in [0, 0.1) is 6.92 Å². The highest BCUT2D eigenvalue weighted by molar-refractivity contribution is 6.32. The van der Waals surface area contributed by atoms with Crippen molar-refractivity contribution in [3.05, 3.63) is 63.8 Å². The van der Waals surface area contributed by atoms with E-state index in [1.54, 1.807) is 12.1 Å². The van der Waals surface area contributed by atoms with Crippen molar-refractivity contribution in [2.75, 3.05) is 7.11 Å². The Bertz CT molecular complexity index is 1010. The van der Waals surface area contributed by atoms with E-state index in [1.807, 2.05) is 38.1 Å². The number of carbonyl (C=O) groups excluding carboxylic acids is 2. The summed E-state index contributed by atoms with van der Waals surface area (Å²) >= 11 is 6.28. The van der Waals surface area contributed by atoms with Crippen LogP contribution in [0.25, 0.3) is 6.08 Å². The Balaban J connectivity index is 1.91. The second kappa shape index (κ2) is 8.92. The highest BCUT2D eigenvalue weighted by Crippen LogP contribution is 2.37. The summed E-state index contributed by atoms with van der Waals surface area (Å²) in [6.45, 7) is 3.85. The van der Waals surface area contributed by atoms with E-state index in [4.69, 9.17) is 25.8 Å². The highest BCUT2D eigenvalue weighted by atomic mass is 35.5. The Labute approximate surface area is 173 Å². The second-order valence-corrected chi connectivity index (χ2v) is 6.87. The van der Waals surface area contributed by atoms with Gasteiger partial charge in [-0.1, -0.05) is 36.2 Å². The van der Waals surface area contributed by atoms with Crippen molar-refractivity contribution in [3.63, 3.8) is 0 Å². The normalized spacial score (nSPS) is 14.6. The van der Waals surface area contributed by atoms with Crippen LogP contribution in [0.4, 0.5) is 0 Å². The minimum Gasteiger partial charge on any atom is -0.493 e. The number of aryl methyl sites for hydroxylation is 1. The molecule has 0 saturated carbocycles. The van der Waals surface area contributed by atoms with Crippen LogP contribution in [0.5, 0.6) is 11.5 Å². The molecule has 1 aliphatic rings. The number of rotatable bonds is 6. The SMILES string of the molecule is CCCC(=O)Oc1c(Cl)cc(/C=C2\N=C(c3ccc(C)cc3)OC2=O)cc1OC. The molecule has 29 heavy (non-hydrogen) atoms. The van der Waals surface area contributed by atoms with Crippen molar-refractivity contribution in [3.8, 4) is 11.5 Å². The molecule has 0 unspecified atom stereocenters. The maximum absolute atomic E-state index is 12.2. The summed E-state index contributed by atoms with van der Waals surface area (Å²) in [6, 6.07) is 10.7. The lowest BCUT2D eigenvalue weighted by Gasteiger charge is -2.11. The molecule has 0 saturated heterocycles. The highest BCUT2D eigenvalue weighted by Gasteiger charge is 2.24. The number of esters is 2. The zero-order valence-corrected chi connectivity index (χ0v) is 17.1. The molecule has 0 bridgehead atoms. The molecule has 0 aromatic heterocycles. The largest absolute Gasteiger partial charge is 0.493 e. The predicted molar refractivity (Wildman–Crippen MR) is 110 cm³/mol. The van der Waals surface area contributed by atoms with E-state index < -0.39 is 11.9 Å². The zero-order valence-electron chi connectivity index (χ0n) is 16.3. The average Bonchev–Trinajstić information content (AvgIpc) is 3.04. The maximum Gasteiger partial charge on any atom is 0.363 e. The third-order valence-corrected chi connectivity index (χ3v) is 4.42. The van der Waals surface area contributed by atoms with E-state index in [0.717, 1.165) is 5.56 Å². The summed E-state index contributed by atoms with van der Waals surface area (Å²) in [4.78, 5) is 28.3. The van der Waals surface area contributed by atoms with E-state index in [-0.39, 0.29) is 34.5 Å². The van der Waals surface area contributed by atoms with Crippen LogP contribution in [0.3, 0.4) is 0 Å². The van der Waals surface area contributed by atoms with E-state index in [2.05, 4.69) is 4.99 Å². The second-order valence-electron chi connectivity index (χ2n) is 6.46. The molecule has 0 fully saturated rings. The number of ether oxygens (including phenoxy) is 3. The standard InChI is InChI=1S/C22H20ClNO5/c1-4-5-19(25)28-20-16(23)10-14(12-18(20)27-3)11-17-22(26)29-21(24-17)15-8-6-13(2)7-9-15/h6-12H,4-5H2,1-3H3/b17-11-. The van der Waals surface area contributed by atoms with Crippen LogP contribution in [-0.2, 0) is 14.3 Å². The Hall–Kier alpha value is -3.12. The van der Waals surface area contributed by atoms with Crippen LogP contribution in [0.15, 0.2) is 47.1 Å². The van der Waals surface area contributed by atoms with Gasteiger partial charge in [-0.25, -0.2) is 9.79 Å². The van der Waals surface area contributed by atoms with Gasteiger partial charge in [0.25, 0.3) is 0 Å². The number of carbonyl (C=O) groups is 2. The van der Waals surface area contributed by atoms with Gasteiger partial charge in [-0.3, -0.25) is 4.79 Å². The molecule has 0 amide bonds. The molecule has 3 rings (SSSR count). The molecule has 0 N–H and O–H groups in total. The summed E-state index contributed by atoms with van der Waals surface area (Å²) in [5, 5.41) is 0.190. The monoisotopic (exact) mass is 413 g/mol. The van der Waals surface area contributed by atoms with Gasteiger partial charge in [0.2, 0.25) is 5.90 Å². The number of methoxy groups -OCH3 is 1. The van der Waals surface area contributed by atoms with Crippen LogP contribution >= 0.6 is 11.6 Å². The van der Waals surface area contributed by atoms with Crippen LogP contribution < -0.4 is 9.47 Å². The molecular formula is C22H20ClNO5. The number of cyclic esters (lactones) is 1. The summed E-state index contributed by atoms with van der Waals surface area (Å²) in [6.07, 6.45) is 2.47. The van der Waals surface area contributed by atoms with Gasteiger partial charge >= 0.3 is 11.9 Å². The molecule has 1 heterocycles. The first-order chi connectivity index (χ1) is 13.9. The third-order valence-electron chi connectivity index (χ3n) is 4.14. The Morgan fingerprint density at radius 1 is 1.24 bits per heavy atom. The first-order valence-corrected chi connectivity index (χ1v) is 9.47. The van der Waals surface area contributed by atoms with E-state index >= 15 is 0 Å². The lowest BCUT2D eigenvalue weighted by Crippen LogP contribution is -2.08. The van der Waals surface area contributed by atoms with Crippen molar-refractivity contribution >= 4 is 35.5 Å². The van der Waals surface area contributed by atoms with Gasteiger partial charge < -0.3 is 14.2 Å². The van der Waals surface area contributed by atoms with Gasteiger partial charge in [-0.15, -0.1) is 0 Å². The van der Waals surface area contributed by atoms with Crippen molar-refractivity contribution in [1.29, 1.82) is 0 Å². The topological polar surface area (TPSA) is 74.2 Å². The molecule has 7 heteroatoms. The van der Waals surface area contributed by atoms with Crippen molar-refractivity contribution < 1.29 is 23.8 Å². The molecule has 0 aliphatic carbocycles. The average molecular weight is 414 g/mol. The first-order valence-electron chi connectivity index (χ1n) is 9.09. The molecule has 2 aromatic carbocycles. The van der Waals surface area contributed by atoms with E-state index in [9.17, 15) is 9.59 Å². The number of halogens is 1. The number of benzene rings is 2. The smallest absolute Gasteiger partial charge is 0.363 e. The van der Waals surface area contributed by atoms with Gasteiger partial charge in [-0.05, 0) is 49.2 Å². The minimum atomic E-state index is -0.561. The fourth-order valence-corrected chi connectivity index (χ4v) is 2.94.